The van der Waals surface area contributed by atoms with Crippen molar-refractivity contribution in [1.82, 2.24) is 14.5 Å². The van der Waals surface area contributed by atoms with Crippen LogP contribution in [0.4, 0.5) is 26.3 Å². The molecule has 140 valence electrons. The number of fused-ring (bicyclic) bond motifs is 1. The Kier molecular flexibility index (Phi) is 4.33. The van der Waals surface area contributed by atoms with Gasteiger partial charge in [-0.3, -0.25) is 9.59 Å². The van der Waals surface area contributed by atoms with Crippen molar-refractivity contribution in [3.05, 3.63) is 39.6 Å². The Hall–Kier alpha value is -2.37. The van der Waals surface area contributed by atoms with Gasteiger partial charge in [0.2, 0.25) is 0 Å². The van der Waals surface area contributed by atoms with Crippen molar-refractivity contribution in [2.45, 2.75) is 25.4 Å². The van der Waals surface area contributed by atoms with Crippen LogP contribution in [0.3, 0.4) is 0 Å². The molecule has 3 rings (SSSR count). The summed E-state index contributed by atoms with van der Waals surface area (Å²) in [5.74, 6) is -2.69. The smallest absolute Gasteiger partial charge is 0.331 e. The van der Waals surface area contributed by atoms with Crippen molar-refractivity contribution in [2.75, 3.05) is 6.54 Å². The van der Waals surface area contributed by atoms with Gasteiger partial charge in [-0.15, -0.1) is 11.3 Å². The zero-order chi connectivity index (χ0) is 19.3. The molecule has 0 unspecified atom stereocenters. The van der Waals surface area contributed by atoms with Crippen LogP contribution in [0, 0.1) is 0 Å². The van der Waals surface area contributed by atoms with E-state index in [2.05, 4.69) is 4.98 Å². The van der Waals surface area contributed by atoms with E-state index < -0.39 is 34.6 Å². The van der Waals surface area contributed by atoms with E-state index in [9.17, 15) is 35.9 Å². The van der Waals surface area contributed by atoms with Crippen molar-refractivity contribution in [3.8, 4) is 0 Å². The molecule has 0 atom stereocenters. The predicted octanol–water partition coefficient (Wildman–Crippen LogP) is 3.36. The second kappa shape index (κ2) is 6.11. The fourth-order valence-corrected chi connectivity index (χ4v) is 3.37. The maximum absolute atomic E-state index is 12.7. The minimum Gasteiger partial charge on any atom is -0.331 e. The van der Waals surface area contributed by atoms with Crippen LogP contribution in [-0.2, 0) is 19.3 Å². The van der Waals surface area contributed by atoms with E-state index in [-0.39, 0.29) is 30.3 Å². The molecule has 0 saturated heterocycles. The molecule has 2 aromatic heterocycles. The molecule has 0 spiro atoms. The largest absolute Gasteiger partial charge is 0.455 e. The predicted molar refractivity (Wildman–Crippen MR) is 76.7 cm³/mol. The molecule has 0 bridgehead atoms. The van der Waals surface area contributed by atoms with E-state index >= 15 is 0 Å². The van der Waals surface area contributed by atoms with Crippen LogP contribution in [0.2, 0.25) is 0 Å². The molecule has 0 radical (unpaired) electrons. The summed E-state index contributed by atoms with van der Waals surface area (Å²) < 4.78 is 76.6. The standard InChI is InChI=1S/C14H9F6N3O2S/c15-13(16,17)9-5-22-3-4-23(6-10(22)21-9)12(25)8-2-1-7(26-8)11(24)14(18,19)20/h1-2,5H,3-4,6H2. The number of rotatable bonds is 2. The molecular weight excluding hydrogens is 388 g/mol. The molecule has 3 heterocycles. The number of hydrogen-bond donors (Lipinski definition) is 0. The first-order valence-corrected chi connectivity index (χ1v) is 7.92. The molecule has 12 heteroatoms. The highest BCUT2D eigenvalue weighted by Gasteiger charge is 2.41. The summed E-state index contributed by atoms with van der Waals surface area (Å²) >= 11 is 0.392. The maximum Gasteiger partial charge on any atom is 0.455 e. The summed E-state index contributed by atoms with van der Waals surface area (Å²) in [6, 6.07) is 1.99. The first-order valence-electron chi connectivity index (χ1n) is 7.10. The number of nitrogens with zero attached hydrogens (tertiary/aromatic N) is 3. The van der Waals surface area contributed by atoms with E-state index in [0.29, 0.717) is 11.3 Å². The minimum absolute atomic E-state index is 0.0278. The van der Waals surface area contributed by atoms with Gasteiger partial charge in [0.1, 0.15) is 5.82 Å². The fraction of sp³-hybridized carbons (Fsp3) is 0.357. The summed E-state index contributed by atoms with van der Waals surface area (Å²) in [4.78, 5) is 27.5. The summed E-state index contributed by atoms with van der Waals surface area (Å²) in [5, 5.41) is 0. The number of amides is 1. The van der Waals surface area contributed by atoms with E-state index in [1.165, 1.54) is 9.47 Å². The van der Waals surface area contributed by atoms with Crippen LogP contribution < -0.4 is 0 Å². The third kappa shape index (κ3) is 3.45. The minimum atomic E-state index is -5.05. The molecule has 0 saturated carbocycles. The van der Waals surface area contributed by atoms with Crippen LogP contribution in [0.1, 0.15) is 30.9 Å². The van der Waals surface area contributed by atoms with Gasteiger partial charge in [-0.25, -0.2) is 4.98 Å². The molecule has 0 aromatic carbocycles. The zero-order valence-corrected chi connectivity index (χ0v) is 13.5. The number of hydrogen-bond acceptors (Lipinski definition) is 4. The van der Waals surface area contributed by atoms with Crippen LogP contribution in [0.25, 0.3) is 0 Å². The Bertz CT molecular complexity index is 867. The van der Waals surface area contributed by atoms with E-state index in [1.54, 1.807) is 0 Å². The lowest BCUT2D eigenvalue weighted by molar-refractivity contribution is -0.141. The van der Waals surface area contributed by atoms with Crippen molar-refractivity contribution < 1.29 is 35.9 Å². The van der Waals surface area contributed by atoms with Crippen molar-refractivity contribution in [2.24, 2.45) is 0 Å². The number of halogens is 6. The highest BCUT2D eigenvalue weighted by molar-refractivity contribution is 7.16. The molecule has 0 N–H and O–H groups in total. The summed E-state index contributed by atoms with van der Waals surface area (Å²) in [6.45, 7) is -0.0703. The van der Waals surface area contributed by atoms with Crippen molar-refractivity contribution in [3.63, 3.8) is 0 Å². The SMILES string of the molecule is O=C(c1ccc(C(=O)C(F)(F)F)s1)N1CCn2cc(C(F)(F)F)nc2C1. The molecule has 2 aromatic rings. The average Bonchev–Trinajstić information content (AvgIpc) is 3.18. The molecule has 1 aliphatic rings. The highest BCUT2D eigenvalue weighted by atomic mass is 32.1. The van der Waals surface area contributed by atoms with Gasteiger partial charge in [0, 0.05) is 19.3 Å². The van der Waals surface area contributed by atoms with Crippen LogP contribution in [0.15, 0.2) is 18.3 Å². The molecule has 1 aliphatic heterocycles. The van der Waals surface area contributed by atoms with E-state index in [0.717, 1.165) is 18.3 Å². The van der Waals surface area contributed by atoms with Crippen LogP contribution in [0.5, 0.6) is 0 Å². The number of ketones is 1. The number of thiophene rings is 1. The molecule has 0 aliphatic carbocycles. The molecule has 5 nitrogen and oxygen atoms in total. The Morgan fingerprint density at radius 2 is 1.69 bits per heavy atom. The second-order valence-electron chi connectivity index (χ2n) is 5.45. The third-order valence-corrected chi connectivity index (χ3v) is 4.75. The summed E-state index contributed by atoms with van der Waals surface area (Å²) in [5.41, 5.74) is -1.07. The number of alkyl halides is 6. The van der Waals surface area contributed by atoms with E-state index in [4.69, 9.17) is 0 Å². The van der Waals surface area contributed by atoms with Crippen molar-refractivity contribution in [1.29, 1.82) is 0 Å². The Morgan fingerprint density at radius 1 is 1.04 bits per heavy atom. The number of imidazole rings is 1. The Balaban J connectivity index is 1.77. The lowest BCUT2D eigenvalue weighted by atomic mass is 10.3. The normalized spacial score (nSPS) is 15.1. The molecule has 0 fully saturated rings. The van der Waals surface area contributed by atoms with Gasteiger partial charge in [-0.2, -0.15) is 26.3 Å². The summed E-state index contributed by atoms with van der Waals surface area (Å²) in [6.07, 6.45) is -8.81. The molecular formula is C14H9F6N3O2S. The summed E-state index contributed by atoms with van der Waals surface area (Å²) in [7, 11) is 0. The van der Waals surface area contributed by atoms with E-state index in [1.807, 2.05) is 0 Å². The second-order valence-corrected chi connectivity index (χ2v) is 6.53. The van der Waals surface area contributed by atoms with Gasteiger partial charge >= 0.3 is 12.4 Å². The Morgan fingerprint density at radius 3 is 2.31 bits per heavy atom. The first-order chi connectivity index (χ1) is 12.0. The number of Topliss-reactive ketones (excluding diaryl/α,β-unsaturated/α-hetero) is 1. The fourth-order valence-electron chi connectivity index (χ4n) is 2.43. The van der Waals surface area contributed by atoms with Gasteiger partial charge in [0.05, 0.1) is 16.3 Å². The third-order valence-electron chi connectivity index (χ3n) is 3.68. The van der Waals surface area contributed by atoms with Gasteiger partial charge in [-0.1, -0.05) is 0 Å². The highest BCUT2D eigenvalue weighted by Crippen LogP contribution is 2.30. The van der Waals surface area contributed by atoms with Gasteiger partial charge in [0.25, 0.3) is 11.7 Å². The quantitative estimate of drug-likeness (QED) is 0.577. The average molecular weight is 397 g/mol. The first kappa shape index (κ1) is 18.4. The van der Waals surface area contributed by atoms with Crippen LogP contribution >= 0.6 is 11.3 Å². The number of carbonyl (C=O) groups excluding carboxylic acids is 2. The van der Waals surface area contributed by atoms with Crippen LogP contribution in [-0.4, -0.2) is 38.9 Å². The maximum atomic E-state index is 12.7. The van der Waals surface area contributed by atoms with Gasteiger partial charge in [-0.05, 0) is 12.1 Å². The monoisotopic (exact) mass is 397 g/mol. The Labute approximate surface area is 145 Å². The van der Waals surface area contributed by atoms with Gasteiger partial charge in [0.15, 0.2) is 5.69 Å². The lowest BCUT2D eigenvalue weighted by Gasteiger charge is -2.27. The zero-order valence-electron chi connectivity index (χ0n) is 12.7. The van der Waals surface area contributed by atoms with Crippen molar-refractivity contribution >= 4 is 23.0 Å². The van der Waals surface area contributed by atoms with Gasteiger partial charge < -0.3 is 9.47 Å². The topological polar surface area (TPSA) is 55.2 Å². The lowest BCUT2D eigenvalue weighted by Crippen LogP contribution is -2.37. The number of aromatic nitrogens is 2. The molecule has 26 heavy (non-hydrogen) atoms. The number of carbonyl (C=O) groups is 2. The molecule has 1 amide bonds.